The highest BCUT2D eigenvalue weighted by atomic mass is 16.5. The summed E-state index contributed by atoms with van der Waals surface area (Å²) < 4.78 is 5.53. The van der Waals surface area contributed by atoms with E-state index in [0.717, 1.165) is 45.7 Å². The number of rotatable bonds is 4. The molecule has 4 aliphatic rings. The van der Waals surface area contributed by atoms with E-state index in [1.54, 1.807) is 0 Å². The molecule has 0 aromatic heterocycles. The first-order chi connectivity index (χ1) is 14.2. The van der Waals surface area contributed by atoms with Crippen molar-refractivity contribution in [3.63, 3.8) is 0 Å². The van der Waals surface area contributed by atoms with E-state index in [-0.39, 0.29) is 24.2 Å². The lowest BCUT2D eigenvalue weighted by Crippen LogP contribution is -2.68. The fraction of sp³-hybridized carbons (Fsp3) is 0.682. The van der Waals surface area contributed by atoms with Crippen LogP contribution in [0.2, 0.25) is 0 Å². The van der Waals surface area contributed by atoms with Gasteiger partial charge >= 0.3 is 0 Å². The molecule has 1 aromatic rings. The molecule has 3 N–H and O–H groups in total. The largest absolute Gasteiger partial charge is 0.381 e. The van der Waals surface area contributed by atoms with E-state index in [4.69, 9.17) is 4.74 Å². The van der Waals surface area contributed by atoms with Crippen LogP contribution in [0.25, 0.3) is 0 Å². The number of nitrogens with zero attached hydrogens (tertiary/aromatic N) is 2. The smallest absolute Gasteiger partial charge is 0.228 e. The quantitative estimate of drug-likeness (QED) is 0.694. The minimum atomic E-state index is -0.0220. The zero-order valence-electron chi connectivity index (χ0n) is 17.2. The summed E-state index contributed by atoms with van der Waals surface area (Å²) in [6.07, 6.45) is 2.15. The summed E-state index contributed by atoms with van der Waals surface area (Å²) >= 11 is 0. The second kappa shape index (κ2) is 8.32. The van der Waals surface area contributed by atoms with Gasteiger partial charge in [0.15, 0.2) is 0 Å². The Morgan fingerprint density at radius 2 is 1.93 bits per heavy atom. The van der Waals surface area contributed by atoms with Gasteiger partial charge in [-0.25, -0.2) is 5.01 Å². The summed E-state index contributed by atoms with van der Waals surface area (Å²) in [5.74, 6) is 1.13. The van der Waals surface area contributed by atoms with Crippen molar-refractivity contribution >= 4 is 5.91 Å². The summed E-state index contributed by atoms with van der Waals surface area (Å²) in [5.41, 5.74) is 4.86. The third-order valence-electron chi connectivity index (χ3n) is 7.17. The Morgan fingerprint density at radius 1 is 1.14 bits per heavy atom. The van der Waals surface area contributed by atoms with Gasteiger partial charge in [-0.15, -0.1) is 0 Å². The van der Waals surface area contributed by atoms with Crippen LogP contribution in [0.4, 0.5) is 0 Å². The second-order valence-corrected chi connectivity index (χ2v) is 9.14. The number of hydrogen-bond donors (Lipinski definition) is 3. The van der Waals surface area contributed by atoms with Gasteiger partial charge in [0, 0.05) is 51.4 Å². The molecule has 0 spiro atoms. The van der Waals surface area contributed by atoms with E-state index >= 15 is 0 Å². The lowest BCUT2D eigenvalue weighted by atomic mass is 9.91. The Kier molecular flexibility index (Phi) is 5.58. The average Bonchev–Trinajstić information content (AvgIpc) is 3.33. The Bertz CT molecular complexity index is 710. The predicted molar refractivity (Wildman–Crippen MR) is 110 cm³/mol. The molecule has 1 amide bonds. The number of carbonyl (C=O) groups excluding carboxylic acids is 1. The fourth-order valence-electron chi connectivity index (χ4n) is 5.58. The van der Waals surface area contributed by atoms with E-state index in [0.29, 0.717) is 24.4 Å². The topological polar surface area (TPSA) is 68.9 Å². The molecule has 7 nitrogen and oxygen atoms in total. The van der Waals surface area contributed by atoms with Crippen LogP contribution in [0.15, 0.2) is 30.3 Å². The molecule has 0 bridgehead atoms. The monoisotopic (exact) mass is 399 g/mol. The first-order valence-corrected chi connectivity index (χ1v) is 11.1. The summed E-state index contributed by atoms with van der Waals surface area (Å²) in [6.45, 7) is 7.71. The van der Waals surface area contributed by atoms with E-state index in [2.05, 4.69) is 63.2 Å². The molecule has 5 atom stereocenters. The van der Waals surface area contributed by atoms with Gasteiger partial charge in [-0.3, -0.25) is 20.4 Å². The van der Waals surface area contributed by atoms with Gasteiger partial charge in [-0.05, 0) is 24.3 Å². The summed E-state index contributed by atoms with van der Waals surface area (Å²) in [6, 6.07) is 11.1. The van der Waals surface area contributed by atoms with Gasteiger partial charge < -0.3 is 10.1 Å². The zero-order valence-corrected chi connectivity index (χ0v) is 17.2. The summed E-state index contributed by atoms with van der Waals surface area (Å²) in [7, 11) is 0. The molecular formula is C22H33N5O2. The van der Waals surface area contributed by atoms with Gasteiger partial charge in [0.1, 0.15) is 0 Å². The van der Waals surface area contributed by atoms with Crippen LogP contribution < -0.4 is 16.1 Å². The molecule has 29 heavy (non-hydrogen) atoms. The highest BCUT2D eigenvalue weighted by Crippen LogP contribution is 2.31. The number of hydrogen-bond acceptors (Lipinski definition) is 6. The molecule has 1 aromatic carbocycles. The van der Waals surface area contributed by atoms with E-state index in [1.165, 1.54) is 5.56 Å². The molecule has 5 rings (SSSR count). The maximum atomic E-state index is 12.9. The minimum absolute atomic E-state index is 0.0220. The van der Waals surface area contributed by atoms with Crippen molar-refractivity contribution in [2.45, 2.75) is 44.7 Å². The number of fused-ring (bicyclic) bond motifs is 1. The van der Waals surface area contributed by atoms with Crippen molar-refractivity contribution in [1.82, 2.24) is 26.0 Å². The van der Waals surface area contributed by atoms with Gasteiger partial charge in [0.05, 0.1) is 18.2 Å². The highest BCUT2D eigenvalue weighted by molar-refractivity contribution is 5.81. The first kappa shape index (κ1) is 19.5. The van der Waals surface area contributed by atoms with Crippen molar-refractivity contribution < 1.29 is 9.53 Å². The van der Waals surface area contributed by atoms with Gasteiger partial charge in [0.25, 0.3) is 0 Å². The number of amides is 1. The molecule has 0 saturated carbocycles. The maximum Gasteiger partial charge on any atom is 0.228 e. The highest BCUT2D eigenvalue weighted by Gasteiger charge is 2.49. The summed E-state index contributed by atoms with van der Waals surface area (Å²) in [5, 5.41) is 9.43. The number of likely N-dealkylation sites (tertiary alicyclic amines) is 1. The maximum absolute atomic E-state index is 12.9. The zero-order chi connectivity index (χ0) is 19.8. The van der Waals surface area contributed by atoms with E-state index in [9.17, 15) is 4.79 Å². The molecule has 158 valence electrons. The number of ether oxygens (including phenoxy) is 1. The number of nitrogens with one attached hydrogen (secondary N) is 3. The average molecular weight is 400 g/mol. The number of hydrazine groups is 1. The predicted octanol–water partition coefficient (Wildman–Crippen LogP) is 0.742. The normalized spacial score (nSPS) is 36.9. The van der Waals surface area contributed by atoms with Gasteiger partial charge in [0.2, 0.25) is 5.91 Å². The van der Waals surface area contributed by atoms with Crippen molar-refractivity contribution in [2.24, 2.45) is 17.8 Å². The number of carbonyl (C=O) groups is 1. The number of benzene rings is 1. The Balaban J connectivity index is 1.25. The molecule has 5 unspecified atom stereocenters. The lowest BCUT2D eigenvalue weighted by Gasteiger charge is -2.43. The Hall–Kier alpha value is -1.51. The Morgan fingerprint density at radius 3 is 2.72 bits per heavy atom. The van der Waals surface area contributed by atoms with Gasteiger partial charge in [-0.2, -0.15) is 0 Å². The summed E-state index contributed by atoms with van der Waals surface area (Å²) in [4.78, 5) is 15.4. The van der Waals surface area contributed by atoms with E-state index in [1.807, 2.05) is 0 Å². The van der Waals surface area contributed by atoms with E-state index < -0.39 is 0 Å². The molecule has 0 aliphatic carbocycles. The van der Waals surface area contributed by atoms with Crippen LogP contribution in [-0.4, -0.2) is 67.0 Å². The van der Waals surface area contributed by atoms with Crippen LogP contribution >= 0.6 is 0 Å². The van der Waals surface area contributed by atoms with Crippen molar-refractivity contribution in [1.29, 1.82) is 0 Å². The second-order valence-electron chi connectivity index (χ2n) is 9.14. The molecule has 4 fully saturated rings. The molecule has 4 aliphatic heterocycles. The SMILES string of the molecule is CC1CN(Cc2ccccc2)CC1C1NC(=O)C2CNN(C3CCOCC3)C2N1. The molecule has 0 radical (unpaired) electrons. The standard InChI is InChI=1S/C22H33N5O2/c1-15-12-26(13-16-5-3-2-4-6-16)14-19(15)20-24-21-18(22(28)25-20)11-23-27(21)17-7-9-29-10-8-17/h2-6,15,17-21,23-24H,7-14H2,1H3,(H,25,28). The molecule has 4 saturated heterocycles. The van der Waals surface area contributed by atoms with Crippen molar-refractivity contribution in [3.05, 3.63) is 35.9 Å². The van der Waals surface area contributed by atoms with Crippen LogP contribution in [0.3, 0.4) is 0 Å². The fourth-order valence-corrected chi connectivity index (χ4v) is 5.58. The van der Waals surface area contributed by atoms with Crippen LogP contribution in [-0.2, 0) is 16.1 Å². The lowest BCUT2D eigenvalue weighted by molar-refractivity contribution is -0.131. The third kappa shape index (κ3) is 3.94. The van der Waals surface area contributed by atoms with Crippen LogP contribution in [0, 0.1) is 17.8 Å². The Labute approximate surface area is 173 Å². The molecular weight excluding hydrogens is 366 g/mol. The third-order valence-corrected chi connectivity index (χ3v) is 7.17. The first-order valence-electron chi connectivity index (χ1n) is 11.1. The van der Waals surface area contributed by atoms with Crippen molar-refractivity contribution in [3.8, 4) is 0 Å². The van der Waals surface area contributed by atoms with Gasteiger partial charge in [-0.1, -0.05) is 37.3 Å². The van der Waals surface area contributed by atoms with Crippen molar-refractivity contribution in [2.75, 3.05) is 32.8 Å². The van der Waals surface area contributed by atoms with Crippen LogP contribution in [0.1, 0.15) is 25.3 Å². The minimum Gasteiger partial charge on any atom is -0.381 e. The molecule has 7 heteroatoms. The van der Waals surface area contributed by atoms with Crippen LogP contribution in [0.5, 0.6) is 0 Å². The molecule has 4 heterocycles.